The Bertz CT molecular complexity index is 356. The molecule has 3 atom stereocenters. The maximum absolute atomic E-state index is 11.8. The molecule has 2 rings (SSSR count). The molecular weight excluding hydrogens is 236 g/mol. The second-order valence-corrected chi connectivity index (χ2v) is 7.89. The van der Waals surface area contributed by atoms with E-state index in [2.05, 4.69) is 17.1 Å². The highest BCUT2D eigenvalue weighted by Gasteiger charge is 2.35. The van der Waals surface area contributed by atoms with Gasteiger partial charge < -0.3 is 5.32 Å². The highest BCUT2D eigenvalue weighted by molar-refractivity contribution is 7.92. The lowest BCUT2D eigenvalue weighted by Crippen LogP contribution is -2.49. The van der Waals surface area contributed by atoms with Crippen molar-refractivity contribution < 1.29 is 8.42 Å². The zero-order chi connectivity index (χ0) is 12.5. The molecule has 17 heavy (non-hydrogen) atoms. The van der Waals surface area contributed by atoms with E-state index in [4.69, 9.17) is 0 Å². The number of likely N-dealkylation sites (tertiary alicyclic amines) is 1. The number of sulfone groups is 1. The van der Waals surface area contributed by atoms with Crippen LogP contribution in [-0.2, 0) is 9.84 Å². The molecule has 0 aliphatic carbocycles. The highest BCUT2D eigenvalue weighted by Crippen LogP contribution is 2.24. The third-order valence-corrected chi connectivity index (χ3v) is 6.58. The quantitative estimate of drug-likeness (QED) is 0.809. The fraction of sp³-hybridized carbons (Fsp3) is 1.00. The van der Waals surface area contributed by atoms with E-state index in [0.29, 0.717) is 17.8 Å². The number of hydrogen-bond acceptors (Lipinski definition) is 4. The first kappa shape index (κ1) is 13.3. The summed E-state index contributed by atoms with van der Waals surface area (Å²) >= 11 is 0. The Balaban J connectivity index is 1.92. The highest BCUT2D eigenvalue weighted by atomic mass is 32.2. The van der Waals surface area contributed by atoms with Crippen molar-refractivity contribution >= 4 is 9.84 Å². The van der Waals surface area contributed by atoms with Gasteiger partial charge in [-0.25, -0.2) is 8.42 Å². The van der Waals surface area contributed by atoms with Crippen LogP contribution in [-0.4, -0.2) is 56.5 Å². The minimum absolute atomic E-state index is 0.101. The molecule has 0 bridgehead atoms. The van der Waals surface area contributed by atoms with E-state index in [1.54, 1.807) is 0 Å². The molecule has 2 aliphatic rings. The van der Waals surface area contributed by atoms with Gasteiger partial charge in [0.2, 0.25) is 0 Å². The summed E-state index contributed by atoms with van der Waals surface area (Å²) in [7, 11) is -0.778. The minimum atomic E-state index is -2.79. The van der Waals surface area contributed by atoms with Crippen LogP contribution in [0.3, 0.4) is 0 Å². The van der Waals surface area contributed by atoms with E-state index >= 15 is 0 Å². The molecular formula is C12H24N2O2S. The Morgan fingerprint density at radius 2 is 2.12 bits per heavy atom. The maximum Gasteiger partial charge on any atom is 0.154 e. The molecule has 2 heterocycles. The number of hydrogen-bond donors (Lipinski definition) is 1. The van der Waals surface area contributed by atoms with Crippen LogP contribution in [0.4, 0.5) is 0 Å². The van der Waals surface area contributed by atoms with Crippen molar-refractivity contribution in [2.24, 2.45) is 0 Å². The topological polar surface area (TPSA) is 49.4 Å². The Morgan fingerprint density at radius 1 is 1.35 bits per heavy atom. The van der Waals surface area contributed by atoms with Crippen molar-refractivity contribution in [2.75, 3.05) is 25.9 Å². The third kappa shape index (κ3) is 3.01. The van der Waals surface area contributed by atoms with Crippen LogP contribution < -0.4 is 5.32 Å². The molecule has 1 N–H and O–H groups in total. The van der Waals surface area contributed by atoms with E-state index in [0.717, 1.165) is 38.8 Å². The monoisotopic (exact) mass is 260 g/mol. The van der Waals surface area contributed by atoms with E-state index in [-0.39, 0.29) is 5.25 Å². The summed E-state index contributed by atoms with van der Waals surface area (Å²) in [5.41, 5.74) is 0. The van der Waals surface area contributed by atoms with Gasteiger partial charge >= 0.3 is 0 Å². The van der Waals surface area contributed by atoms with Crippen molar-refractivity contribution in [1.82, 2.24) is 10.2 Å². The van der Waals surface area contributed by atoms with E-state index in [9.17, 15) is 8.42 Å². The molecule has 3 unspecified atom stereocenters. The SMILES string of the molecule is CNC1CCN(CC2CCCS2(=O)=O)C(C)C1. The van der Waals surface area contributed by atoms with Crippen LogP contribution in [0.15, 0.2) is 0 Å². The summed E-state index contributed by atoms with van der Waals surface area (Å²) in [5.74, 6) is 0.402. The zero-order valence-corrected chi connectivity index (χ0v) is 11.7. The number of piperidine rings is 1. The number of rotatable bonds is 3. The van der Waals surface area contributed by atoms with Crippen LogP contribution >= 0.6 is 0 Å². The van der Waals surface area contributed by atoms with Gasteiger partial charge in [-0.15, -0.1) is 0 Å². The average molecular weight is 260 g/mol. The van der Waals surface area contributed by atoms with Gasteiger partial charge in [-0.2, -0.15) is 0 Å². The lowest BCUT2D eigenvalue weighted by Gasteiger charge is -2.38. The Hall–Kier alpha value is -0.130. The van der Waals surface area contributed by atoms with Crippen LogP contribution in [0, 0.1) is 0 Å². The van der Waals surface area contributed by atoms with Crippen LogP contribution in [0.5, 0.6) is 0 Å². The first-order valence-corrected chi connectivity index (χ1v) is 8.37. The third-order valence-electron chi connectivity index (χ3n) is 4.32. The molecule has 0 spiro atoms. The molecule has 0 aromatic rings. The van der Waals surface area contributed by atoms with E-state index < -0.39 is 9.84 Å². The van der Waals surface area contributed by atoms with Crippen molar-refractivity contribution in [3.05, 3.63) is 0 Å². The molecule has 2 fully saturated rings. The zero-order valence-electron chi connectivity index (χ0n) is 10.9. The van der Waals surface area contributed by atoms with Crippen molar-refractivity contribution in [2.45, 2.75) is 49.9 Å². The molecule has 2 saturated heterocycles. The number of nitrogens with one attached hydrogen (secondary N) is 1. The van der Waals surface area contributed by atoms with Gasteiger partial charge in [-0.3, -0.25) is 4.90 Å². The smallest absolute Gasteiger partial charge is 0.154 e. The van der Waals surface area contributed by atoms with Crippen molar-refractivity contribution in [3.8, 4) is 0 Å². The molecule has 0 amide bonds. The standard InChI is InChI=1S/C12H24N2O2S/c1-10-8-11(13-2)5-6-14(10)9-12-4-3-7-17(12,15)16/h10-13H,3-9H2,1-2H3. The summed E-state index contributed by atoms with van der Waals surface area (Å²) in [5, 5.41) is 3.22. The molecule has 0 radical (unpaired) electrons. The lowest BCUT2D eigenvalue weighted by molar-refractivity contribution is 0.138. The Kier molecular flexibility index (Phi) is 4.10. The minimum Gasteiger partial charge on any atom is -0.317 e. The van der Waals surface area contributed by atoms with Gasteiger partial charge in [0, 0.05) is 18.6 Å². The van der Waals surface area contributed by atoms with E-state index in [1.807, 2.05) is 7.05 Å². The molecule has 2 aliphatic heterocycles. The van der Waals surface area contributed by atoms with E-state index in [1.165, 1.54) is 0 Å². The molecule has 5 heteroatoms. The van der Waals surface area contributed by atoms with Gasteiger partial charge in [0.25, 0.3) is 0 Å². The summed E-state index contributed by atoms with van der Waals surface area (Å²) in [4.78, 5) is 2.36. The molecule has 100 valence electrons. The van der Waals surface area contributed by atoms with Gasteiger partial charge in [0.05, 0.1) is 11.0 Å². The summed E-state index contributed by atoms with van der Waals surface area (Å²) < 4.78 is 23.6. The van der Waals surface area contributed by atoms with Crippen molar-refractivity contribution in [3.63, 3.8) is 0 Å². The fourth-order valence-electron chi connectivity index (χ4n) is 3.08. The van der Waals surface area contributed by atoms with Gasteiger partial charge in [0.15, 0.2) is 9.84 Å². The van der Waals surface area contributed by atoms with Gasteiger partial charge in [0.1, 0.15) is 0 Å². The second kappa shape index (κ2) is 5.24. The Morgan fingerprint density at radius 3 is 2.65 bits per heavy atom. The van der Waals surface area contributed by atoms with Crippen LogP contribution in [0.25, 0.3) is 0 Å². The second-order valence-electron chi connectivity index (χ2n) is 5.49. The summed E-state index contributed by atoms with van der Waals surface area (Å²) in [6, 6.07) is 1.10. The van der Waals surface area contributed by atoms with Crippen LogP contribution in [0.1, 0.15) is 32.6 Å². The summed E-state index contributed by atoms with van der Waals surface area (Å²) in [6.07, 6.45) is 3.98. The molecule has 4 nitrogen and oxygen atoms in total. The van der Waals surface area contributed by atoms with Crippen LogP contribution in [0.2, 0.25) is 0 Å². The maximum atomic E-state index is 11.8. The number of nitrogens with zero attached hydrogens (tertiary/aromatic N) is 1. The van der Waals surface area contributed by atoms with Gasteiger partial charge in [-0.1, -0.05) is 0 Å². The molecule has 0 saturated carbocycles. The predicted octanol–water partition coefficient (Wildman–Crippen LogP) is 0.636. The molecule has 0 aromatic carbocycles. The van der Waals surface area contributed by atoms with Gasteiger partial charge in [-0.05, 0) is 46.2 Å². The first-order valence-electron chi connectivity index (χ1n) is 6.66. The normalized spacial score (nSPS) is 38.4. The average Bonchev–Trinajstić information content (AvgIpc) is 2.61. The Labute approximate surface area is 105 Å². The summed E-state index contributed by atoms with van der Waals surface area (Å²) in [6.45, 7) is 3.99. The van der Waals surface area contributed by atoms with Crippen molar-refractivity contribution in [1.29, 1.82) is 0 Å². The predicted molar refractivity (Wildman–Crippen MR) is 69.9 cm³/mol. The molecule has 0 aromatic heterocycles. The first-order chi connectivity index (χ1) is 8.03. The fourth-order valence-corrected chi connectivity index (χ4v) is 4.93. The largest absolute Gasteiger partial charge is 0.317 e. The lowest BCUT2D eigenvalue weighted by atomic mass is 9.98.